The summed E-state index contributed by atoms with van der Waals surface area (Å²) in [6.07, 6.45) is 5.30. The van der Waals surface area contributed by atoms with Crippen LogP contribution in [0.15, 0.2) is 24.3 Å². The van der Waals surface area contributed by atoms with E-state index in [9.17, 15) is 12.8 Å². The second-order valence-electron chi connectivity index (χ2n) is 7.66. The lowest BCUT2D eigenvalue weighted by atomic mass is 10.00. The summed E-state index contributed by atoms with van der Waals surface area (Å²) in [6, 6.07) is 7.01. The van der Waals surface area contributed by atoms with E-state index in [1.54, 1.807) is 22.5 Å². The van der Waals surface area contributed by atoms with E-state index in [-0.39, 0.29) is 17.2 Å². The van der Waals surface area contributed by atoms with Gasteiger partial charge in [-0.25, -0.2) is 17.1 Å². The van der Waals surface area contributed by atoms with Crippen LogP contribution in [0, 0.1) is 5.82 Å². The van der Waals surface area contributed by atoms with Crippen LogP contribution in [0.2, 0.25) is 0 Å². The van der Waals surface area contributed by atoms with Gasteiger partial charge in [0.15, 0.2) is 11.6 Å². The van der Waals surface area contributed by atoms with Crippen molar-refractivity contribution in [2.24, 2.45) is 0 Å². The van der Waals surface area contributed by atoms with Gasteiger partial charge in [-0.3, -0.25) is 0 Å². The van der Waals surface area contributed by atoms with Gasteiger partial charge in [0.1, 0.15) is 6.10 Å². The molecule has 2 heterocycles. The highest BCUT2D eigenvalue weighted by atomic mass is 32.2. The van der Waals surface area contributed by atoms with Gasteiger partial charge >= 0.3 is 0 Å². The van der Waals surface area contributed by atoms with Crippen LogP contribution < -0.4 is 4.74 Å². The molecule has 26 heavy (non-hydrogen) atoms. The Hall–Kier alpha value is -1.18. The highest BCUT2D eigenvalue weighted by molar-refractivity contribution is 7.90. The van der Waals surface area contributed by atoms with Crippen LogP contribution in [-0.2, 0) is 10.0 Å². The molecule has 2 aliphatic heterocycles. The molecule has 5 nitrogen and oxygen atoms in total. The predicted molar refractivity (Wildman–Crippen MR) is 98.2 cm³/mol. The fraction of sp³-hybridized carbons (Fsp3) is 0.684. The topological polar surface area (TPSA) is 49.9 Å². The molecule has 7 heteroatoms. The minimum Gasteiger partial charge on any atom is -0.487 e. The third-order valence-electron chi connectivity index (χ3n) is 5.85. The Bertz CT molecular complexity index is 722. The van der Waals surface area contributed by atoms with Crippen molar-refractivity contribution in [3.8, 4) is 5.75 Å². The number of hydrogen-bond donors (Lipinski definition) is 0. The van der Waals surface area contributed by atoms with Gasteiger partial charge in [-0.1, -0.05) is 12.1 Å². The van der Waals surface area contributed by atoms with E-state index >= 15 is 0 Å². The lowest BCUT2D eigenvalue weighted by Crippen LogP contribution is -2.50. The summed E-state index contributed by atoms with van der Waals surface area (Å²) in [5.41, 5.74) is 0. The monoisotopic (exact) mass is 382 g/mol. The van der Waals surface area contributed by atoms with Gasteiger partial charge in [-0.2, -0.15) is 0 Å². The zero-order valence-corrected chi connectivity index (χ0v) is 15.8. The van der Waals surface area contributed by atoms with Crippen molar-refractivity contribution in [1.29, 1.82) is 0 Å². The van der Waals surface area contributed by atoms with Crippen molar-refractivity contribution in [2.45, 2.75) is 55.9 Å². The van der Waals surface area contributed by atoms with Gasteiger partial charge in [0.05, 0.1) is 5.25 Å². The number of para-hydroxylation sites is 1. The lowest BCUT2D eigenvalue weighted by Gasteiger charge is -2.41. The summed E-state index contributed by atoms with van der Waals surface area (Å²) in [7, 11) is -3.03. The van der Waals surface area contributed by atoms with Gasteiger partial charge in [-0.05, 0) is 50.7 Å². The average molecular weight is 383 g/mol. The van der Waals surface area contributed by atoms with Crippen LogP contribution in [0.25, 0.3) is 0 Å². The summed E-state index contributed by atoms with van der Waals surface area (Å²) in [4.78, 5) is 2.46. The second-order valence-corrected chi connectivity index (χ2v) is 9.87. The first-order valence-corrected chi connectivity index (χ1v) is 11.2. The molecule has 0 unspecified atom stereocenters. The molecule has 0 radical (unpaired) electrons. The van der Waals surface area contributed by atoms with Crippen LogP contribution in [0.1, 0.15) is 38.5 Å². The Labute approximate surface area is 155 Å². The minimum atomic E-state index is -3.03. The molecule has 3 fully saturated rings. The Morgan fingerprint density at radius 3 is 2.19 bits per heavy atom. The first kappa shape index (κ1) is 18.2. The Balaban J connectivity index is 1.25. The number of likely N-dealkylation sites (tertiary alicyclic amines) is 1. The van der Waals surface area contributed by atoms with E-state index < -0.39 is 10.0 Å². The van der Waals surface area contributed by atoms with E-state index in [0.717, 1.165) is 51.6 Å². The van der Waals surface area contributed by atoms with Crippen LogP contribution >= 0.6 is 0 Å². The molecule has 1 aliphatic carbocycles. The molecule has 3 aliphatic rings. The SMILES string of the molecule is O=S(=O)(C1CC1)N1CCC(N2CCC(Oc3ccccc3F)CC2)CC1. The van der Waals surface area contributed by atoms with Gasteiger partial charge in [0.2, 0.25) is 10.0 Å². The van der Waals surface area contributed by atoms with Crippen molar-refractivity contribution < 1.29 is 17.5 Å². The van der Waals surface area contributed by atoms with E-state index in [0.29, 0.717) is 24.9 Å². The summed E-state index contributed by atoms with van der Waals surface area (Å²) in [6.45, 7) is 3.16. The molecule has 0 amide bonds. The maximum absolute atomic E-state index is 13.7. The van der Waals surface area contributed by atoms with Gasteiger partial charge in [0, 0.05) is 32.2 Å². The third kappa shape index (κ3) is 3.89. The van der Waals surface area contributed by atoms with Crippen molar-refractivity contribution in [2.75, 3.05) is 26.2 Å². The molecule has 0 atom stereocenters. The van der Waals surface area contributed by atoms with E-state index in [1.165, 1.54) is 6.07 Å². The molecular weight excluding hydrogens is 355 g/mol. The predicted octanol–water partition coefficient (Wildman–Crippen LogP) is 2.63. The number of sulfonamides is 1. The lowest BCUT2D eigenvalue weighted by molar-refractivity contribution is 0.0567. The fourth-order valence-corrected chi connectivity index (χ4v) is 5.99. The molecule has 1 aromatic carbocycles. The number of ether oxygens (including phenoxy) is 1. The summed E-state index contributed by atoms with van der Waals surface area (Å²) in [5.74, 6) is 0.0312. The van der Waals surface area contributed by atoms with Crippen molar-refractivity contribution in [1.82, 2.24) is 9.21 Å². The molecule has 0 aromatic heterocycles. The zero-order chi connectivity index (χ0) is 18.1. The number of benzene rings is 1. The standard InChI is InChI=1S/C19H27FN2O3S/c20-18-3-1-2-4-19(18)25-16-9-11-21(12-10-16)15-7-13-22(14-8-15)26(23,24)17-5-6-17/h1-4,15-17H,5-14H2. The number of hydrogen-bond acceptors (Lipinski definition) is 4. The molecule has 4 rings (SSSR count). The van der Waals surface area contributed by atoms with Crippen LogP contribution in [0.4, 0.5) is 4.39 Å². The van der Waals surface area contributed by atoms with E-state index in [4.69, 9.17) is 4.74 Å². The first-order valence-electron chi connectivity index (χ1n) is 9.68. The van der Waals surface area contributed by atoms with Crippen molar-refractivity contribution in [3.05, 3.63) is 30.1 Å². The minimum absolute atomic E-state index is 0.0542. The van der Waals surface area contributed by atoms with Crippen LogP contribution in [0.3, 0.4) is 0 Å². The molecular formula is C19H27FN2O3S. The van der Waals surface area contributed by atoms with Gasteiger partial charge < -0.3 is 9.64 Å². The highest BCUT2D eigenvalue weighted by Gasteiger charge is 2.41. The summed E-state index contributed by atoms with van der Waals surface area (Å²) < 4.78 is 45.9. The Morgan fingerprint density at radius 1 is 0.923 bits per heavy atom. The molecule has 0 N–H and O–H groups in total. The zero-order valence-electron chi connectivity index (χ0n) is 15.0. The maximum atomic E-state index is 13.7. The Kier molecular flexibility index (Phi) is 5.21. The number of nitrogens with zero attached hydrogens (tertiary/aromatic N) is 2. The van der Waals surface area contributed by atoms with Crippen LogP contribution in [-0.4, -0.2) is 61.2 Å². The molecule has 1 saturated carbocycles. The average Bonchev–Trinajstić information content (AvgIpc) is 3.50. The third-order valence-corrected chi connectivity index (χ3v) is 8.25. The first-order chi connectivity index (χ1) is 12.5. The van der Waals surface area contributed by atoms with E-state index in [2.05, 4.69) is 4.90 Å². The second kappa shape index (κ2) is 7.44. The van der Waals surface area contributed by atoms with Crippen LogP contribution in [0.5, 0.6) is 5.75 Å². The molecule has 144 valence electrons. The molecule has 2 saturated heterocycles. The van der Waals surface area contributed by atoms with Crippen molar-refractivity contribution >= 4 is 10.0 Å². The largest absolute Gasteiger partial charge is 0.487 e. The normalized spacial score (nSPS) is 24.7. The molecule has 0 bridgehead atoms. The fourth-order valence-electron chi connectivity index (χ4n) is 4.12. The quantitative estimate of drug-likeness (QED) is 0.786. The van der Waals surface area contributed by atoms with E-state index in [1.807, 2.05) is 0 Å². The molecule has 1 aromatic rings. The number of rotatable bonds is 5. The number of piperidine rings is 2. The summed E-state index contributed by atoms with van der Waals surface area (Å²) in [5, 5.41) is -0.106. The number of halogens is 1. The maximum Gasteiger partial charge on any atom is 0.216 e. The van der Waals surface area contributed by atoms with Gasteiger partial charge in [0.25, 0.3) is 0 Å². The summed E-state index contributed by atoms with van der Waals surface area (Å²) >= 11 is 0. The Morgan fingerprint density at radius 2 is 1.58 bits per heavy atom. The van der Waals surface area contributed by atoms with Gasteiger partial charge in [-0.15, -0.1) is 0 Å². The highest BCUT2D eigenvalue weighted by Crippen LogP contribution is 2.33. The smallest absolute Gasteiger partial charge is 0.216 e. The molecule has 0 spiro atoms. The van der Waals surface area contributed by atoms with Crippen molar-refractivity contribution in [3.63, 3.8) is 0 Å².